The lowest BCUT2D eigenvalue weighted by Crippen LogP contribution is -2.30. The number of H-pyrrole nitrogens is 1. The zero-order valence-corrected chi connectivity index (χ0v) is 73.5. The average Bonchev–Trinajstić information content (AvgIpc) is 1.81. The average molecular weight is 1880 g/mol. The molecule has 0 atom stereocenters. The molecule has 0 spiro atoms. The predicted octanol–water partition coefficient (Wildman–Crippen LogP) is 19.3. The predicted molar refractivity (Wildman–Crippen MR) is 474 cm³/mol. The Bertz CT molecular complexity index is 5280. The standard InChI is InChI=1S/C17H18ClN3O3.C13H9ClN4OS.C13H11ClN2O2.C12H7ClN4OS.C11H8BrClN2O.C5H12OSi.C4H9NO2.2CH4.Cl2OS/c1-4-24-17(22)19-9-11(2)13-6-5-12(18)7-14(13)15-8-16(23-3)21-10-20-15;1-19-13-5-11(15-7-16-13)10-4-8(14)2-3-9(10)12-6-20-18-17-12;1-8(17)10-4-3-9(14)5-11(10)12-6-13(18-2)16-7-15-12;13-7-1-2-8(11-5-19-17-16-11)9(3-7)10-4-12(18)15-6-14-10;1-16-11-5-10(14-6-15-11)8-4-7(13)2-3-9(8)12;1-5(6)7(2,3)4;1-2-7-4(6)3-5;;;1-4(2)3/h5-8,10H,2,4,9H2,1,3H3,(H,19,22);2-7H,1H3;3-7H,1-2H3;1-6H,(H,14,15,18);2-6H,1H3;1-4H3;2-3,5H2,1H3;2*1H4;. The van der Waals surface area contributed by atoms with Crippen LogP contribution in [0.3, 0.4) is 0 Å². The normalized spacial score (nSPS) is 10.0. The molecule has 0 aliphatic heterocycles. The van der Waals surface area contributed by atoms with E-state index in [-0.39, 0.29) is 45.3 Å². The molecule has 7 heterocycles. The number of amides is 1. The van der Waals surface area contributed by atoms with E-state index < -0.39 is 23.4 Å². The first kappa shape index (κ1) is 101. The summed E-state index contributed by atoms with van der Waals surface area (Å²) in [5, 5.41) is 17.9. The monoisotopic (exact) mass is 1870 g/mol. The zero-order chi connectivity index (χ0) is 84.7. The summed E-state index contributed by atoms with van der Waals surface area (Å²) in [5.41, 5.74) is 17.3. The molecule has 0 saturated heterocycles. The molecule has 0 aliphatic carbocycles. The van der Waals surface area contributed by atoms with E-state index in [2.05, 4.69) is 143 Å². The van der Waals surface area contributed by atoms with Crippen molar-refractivity contribution in [2.24, 2.45) is 5.73 Å². The van der Waals surface area contributed by atoms with Crippen LogP contribution in [0.15, 0.2) is 180 Å². The number of ketones is 1. The molecule has 7 aromatic heterocycles. The smallest absolute Gasteiger partial charge is 0.407 e. The molecule has 0 aliphatic rings. The van der Waals surface area contributed by atoms with Gasteiger partial charge in [0.25, 0.3) is 5.56 Å². The Morgan fingerprint density at radius 1 is 0.513 bits per heavy atom. The summed E-state index contributed by atoms with van der Waals surface area (Å²) in [6, 6.07) is 35.3. The number of nitrogens with zero attached hydrogens (tertiary/aromatic N) is 13. The van der Waals surface area contributed by atoms with Crippen molar-refractivity contribution in [1.29, 1.82) is 0 Å². The van der Waals surface area contributed by atoms with Gasteiger partial charge in [0.15, 0.2) is 5.78 Å². The van der Waals surface area contributed by atoms with Crippen molar-refractivity contribution in [3.63, 3.8) is 0 Å². The highest BCUT2D eigenvalue weighted by molar-refractivity contribution is 9.10. The maximum absolute atomic E-state index is 11.6. The molecule has 12 rings (SSSR count). The van der Waals surface area contributed by atoms with Gasteiger partial charge in [-0.25, -0.2) is 53.9 Å². The third-order valence-electron chi connectivity index (χ3n) is 14.6. The van der Waals surface area contributed by atoms with Gasteiger partial charge in [-0.2, -0.15) is 0 Å². The van der Waals surface area contributed by atoms with Gasteiger partial charge in [0.1, 0.15) is 50.2 Å². The molecule has 40 heteroatoms. The quantitative estimate of drug-likeness (QED) is 0.0293. The number of halogens is 8. The number of hydrogen-bond donors (Lipinski definition) is 3. The fourth-order valence-corrected chi connectivity index (χ4v) is 11.0. The van der Waals surface area contributed by atoms with E-state index in [1.165, 1.54) is 81.9 Å². The first-order valence-corrected chi connectivity index (χ1v) is 43.9. The summed E-state index contributed by atoms with van der Waals surface area (Å²) in [6.07, 6.45) is 6.59. The lowest BCUT2D eigenvalue weighted by molar-refractivity contribution is -0.141. The van der Waals surface area contributed by atoms with Crippen LogP contribution in [0.1, 0.15) is 58.5 Å². The number of rotatable bonds is 19. The number of esters is 1. The summed E-state index contributed by atoms with van der Waals surface area (Å²) in [7, 11) is 12.2. The van der Waals surface area contributed by atoms with E-state index >= 15 is 0 Å². The molecule has 0 unspecified atom stereocenters. The number of carbonyl (C=O) groups is 4. The van der Waals surface area contributed by atoms with Crippen LogP contribution in [0.5, 0.6) is 23.5 Å². The number of ether oxygens (including phenoxy) is 6. The summed E-state index contributed by atoms with van der Waals surface area (Å²) < 4.78 is 47.4. The zero-order valence-electron chi connectivity index (χ0n) is 63.2. The Balaban J connectivity index is 0.000000359. The molecule has 1 amide bonds. The molecule has 0 radical (unpaired) electrons. The van der Waals surface area contributed by atoms with Crippen molar-refractivity contribution >= 4 is 164 Å². The fourth-order valence-electron chi connectivity index (χ4n) is 8.82. The van der Waals surface area contributed by atoms with Crippen LogP contribution in [0, 0.1) is 0 Å². The van der Waals surface area contributed by atoms with Crippen molar-refractivity contribution in [1.82, 2.24) is 74.3 Å². The number of aromatic nitrogens is 14. The number of benzene rings is 5. The molecule has 0 saturated carbocycles. The largest absolute Gasteiger partial charge is 0.481 e. The molecule has 0 fully saturated rings. The van der Waals surface area contributed by atoms with Crippen LogP contribution in [-0.2, 0) is 28.3 Å². The van der Waals surface area contributed by atoms with Gasteiger partial charge in [0.05, 0.1) is 83.0 Å². The Hall–Kier alpha value is -9.72. The molecule has 4 N–H and O–H groups in total. The van der Waals surface area contributed by atoms with Gasteiger partial charge in [0.2, 0.25) is 32.7 Å². The van der Waals surface area contributed by atoms with Crippen molar-refractivity contribution in [3.05, 3.63) is 221 Å². The van der Waals surface area contributed by atoms with E-state index in [9.17, 15) is 24.0 Å². The molecular weight excluding hydrogens is 1790 g/mol. The molecule has 28 nitrogen and oxygen atoms in total. The van der Waals surface area contributed by atoms with Crippen molar-refractivity contribution < 1.29 is 51.8 Å². The number of nitrogens with two attached hydrogens (primary N) is 1. The third-order valence-corrected chi connectivity index (χ3v) is 19.6. The second-order valence-electron chi connectivity index (χ2n) is 23.3. The minimum atomic E-state index is -1.67. The number of methoxy groups -OCH3 is 4. The third kappa shape index (κ3) is 34.8. The summed E-state index contributed by atoms with van der Waals surface area (Å²) >= 11 is 36.2. The van der Waals surface area contributed by atoms with Gasteiger partial charge in [-0.3, -0.25) is 14.4 Å². The number of Topliss-reactive ketones (excluding diaryl/α,β-unsaturated/α-hetero) is 1. The van der Waals surface area contributed by atoms with E-state index in [1.807, 2.05) is 59.3 Å². The van der Waals surface area contributed by atoms with Crippen LogP contribution in [0.4, 0.5) is 4.79 Å². The van der Waals surface area contributed by atoms with Crippen LogP contribution in [-0.4, -0.2) is 159 Å². The number of carbonyl (C=O) groups excluding carboxylic acids is 4. The molecule has 5 aromatic carbocycles. The molecule has 117 heavy (non-hydrogen) atoms. The molecule has 620 valence electrons. The van der Waals surface area contributed by atoms with E-state index in [4.69, 9.17) is 91.6 Å². The molecular formula is C77H82BrCl7N16O12S3Si. The topological polar surface area (TPSA) is 379 Å². The highest BCUT2D eigenvalue weighted by Crippen LogP contribution is 2.37. The van der Waals surface area contributed by atoms with Crippen LogP contribution in [0.2, 0.25) is 44.8 Å². The van der Waals surface area contributed by atoms with Crippen LogP contribution < -0.4 is 35.6 Å². The Morgan fingerprint density at radius 3 is 1.21 bits per heavy atom. The van der Waals surface area contributed by atoms with Crippen molar-refractivity contribution in [2.75, 3.05) is 54.7 Å². The first-order chi connectivity index (χ1) is 54.9. The van der Waals surface area contributed by atoms with Gasteiger partial charge >= 0.3 is 12.1 Å². The Kier molecular flexibility index (Phi) is 45.8. The maximum Gasteiger partial charge on any atom is 0.407 e. The van der Waals surface area contributed by atoms with E-state index in [1.54, 1.807) is 102 Å². The van der Waals surface area contributed by atoms with E-state index in [0.29, 0.717) is 101 Å². The summed E-state index contributed by atoms with van der Waals surface area (Å²) in [4.78, 5) is 94.4. The Labute approximate surface area is 731 Å². The maximum atomic E-state index is 11.6. The summed E-state index contributed by atoms with van der Waals surface area (Å²) in [6.45, 7) is 17.8. The van der Waals surface area contributed by atoms with Crippen molar-refractivity contribution in [3.8, 4) is 102 Å². The lowest BCUT2D eigenvalue weighted by atomic mass is 9.98. The number of nitrogens with one attached hydrogen (secondary N) is 2. The minimum Gasteiger partial charge on any atom is -0.481 e. The van der Waals surface area contributed by atoms with Gasteiger partial charge < -0.3 is 49.3 Å². The lowest BCUT2D eigenvalue weighted by Gasteiger charge is -2.13. The van der Waals surface area contributed by atoms with Gasteiger partial charge in [-0.1, -0.05) is 142 Å². The highest BCUT2D eigenvalue weighted by Gasteiger charge is 2.20. The van der Waals surface area contributed by atoms with Gasteiger partial charge in [0, 0.05) is 143 Å². The van der Waals surface area contributed by atoms with Crippen LogP contribution >= 0.6 is 118 Å². The van der Waals surface area contributed by atoms with Gasteiger partial charge in [-0.15, -0.1) is 10.2 Å². The number of hydrogen-bond acceptors (Lipinski definition) is 28. The molecule has 12 aromatic rings. The highest BCUT2D eigenvalue weighted by atomic mass is 79.9. The molecule has 0 bridgehead atoms. The summed E-state index contributed by atoms with van der Waals surface area (Å²) in [5.74, 6) is 1.52. The fraction of sp³-hybridized carbons (Fsp3) is 0.221. The Morgan fingerprint density at radius 2 is 0.863 bits per heavy atom. The first-order valence-electron chi connectivity index (χ1n) is 33.3. The van der Waals surface area contributed by atoms with E-state index in [0.717, 1.165) is 66.2 Å². The SMILES string of the molecule is C.C.C=C(CNC(=O)OCC)c1ccc(Cl)cc1-c1cc(OC)ncn1.CC(=O)[Si](C)(C)C.CCOC(=O)CN.COc1cc(-c2cc(Cl)ccc2-c2csnn2)ncn1.COc1cc(-c2cc(Cl)ccc2Br)ncn1.COc1cc(-c2cc(Cl)ccc2C(C)=O)ncn1.O=S(Cl)Cl.O=c1cc(-c2cc(Cl)ccc2-c2csnn2)nc[nH]1. The second-order valence-corrected chi connectivity index (χ2v) is 35.3. The number of alkyl carbamates (subject to hydrolysis) is 1. The minimum absolute atomic E-state index is 0. The van der Waals surface area contributed by atoms with Crippen LogP contribution in [0.25, 0.3) is 84.4 Å². The van der Waals surface area contributed by atoms with Gasteiger partial charge in [-0.05, 0) is 135 Å². The second kappa shape index (κ2) is 52.9. The number of aromatic amines is 1. The van der Waals surface area contributed by atoms with Crippen molar-refractivity contribution in [2.45, 2.75) is 62.2 Å².